The Balaban J connectivity index is 1.53. The molecule has 0 spiro atoms. The number of hydrogen-bond donors (Lipinski definition) is 0. The molecule has 1 aromatic heterocycles. The summed E-state index contributed by atoms with van der Waals surface area (Å²) in [6.07, 6.45) is 0. The number of hydrogen-bond acceptors (Lipinski definition) is 5. The summed E-state index contributed by atoms with van der Waals surface area (Å²) < 4.78 is 41.5. The monoisotopic (exact) mass is 448 g/mol. The van der Waals surface area contributed by atoms with Crippen molar-refractivity contribution in [3.63, 3.8) is 0 Å². The molecule has 4 rings (SSSR count). The lowest BCUT2D eigenvalue weighted by Crippen LogP contribution is -2.49. The third kappa shape index (κ3) is 4.09. The first-order valence-electron chi connectivity index (χ1n) is 9.21. The van der Waals surface area contributed by atoms with Crippen molar-refractivity contribution in [1.82, 2.24) is 14.1 Å². The first-order chi connectivity index (χ1) is 14.3. The van der Waals surface area contributed by atoms with Gasteiger partial charge in [0.05, 0.1) is 10.6 Å². The Morgan fingerprint density at radius 1 is 0.933 bits per heavy atom. The summed E-state index contributed by atoms with van der Waals surface area (Å²) in [6, 6.07) is 14.6. The first kappa shape index (κ1) is 20.5. The number of aromatic nitrogens is 2. The fourth-order valence-electron chi connectivity index (χ4n) is 3.27. The van der Waals surface area contributed by atoms with Crippen LogP contribution in [0.1, 0.15) is 0 Å². The lowest BCUT2D eigenvalue weighted by atomic mass is 10.3. The standard InChI is InChI=1S/C20H18ClFN4O3S/c21-15-2-1-3-18(14-15)30(28,29)25-12-10-24(11-13-25)19-8-9-20(27)26(23-19)17-6-4-16(22)5-7-17/h1-9,14H,10-13H2. The van der Waals surface area contributed by atoms with E-state index in [-0.39, 0.29) is 23.5 Å². The highest BCUT2D eigenvalue weighted by Gasteiger charge is 2.29. The van der Waals surface area contributed by atoms with Gasteiger partial charge in [-0.1, -0.05) is 17.7 Å². The predicted molar refractivity (Wildman–Crippen MR) is 112 cm³/mol. The average Bonchev–Trinajstić information content (AvgIpc) is 2.75. The van der Waals surface area contributed by atoms with Gasteiger partial charge in [-0.15, -0.1) is 5.10 Å². The van der Waals surface area contributed by atoms with E-state index in [1.165, 1.54) is 51.5 Å². The lowest BCUT2D eigenvalue weighted by molar-refractivity contribution is 0.383. The molecule has 0 amide bonds. The molecule has 0 aliphatic carbocycles. The molecule has 0 unspecified atom stereocenters. The van der Waals surface area contributed by atoms with Gasteiger partial charge < -0.3 is 4.90 Å². The minimum Gasteiger partial charge on any atom is -0.353 e. The predicted octanol–water partition coefficient (Wildman–Crippen LogP) is 2.54. The van der Waals surface area contributed by atoms with E-state index in [4.69, 9.17) is 11.6 Å². The van der Waals surface area contributed by atoms with E-state index < -0.39 is 15.8 Å². The van der Waals surface area contributed by atoms with Crippen molar-refractivity contribution < 1.29 is 12.8 Å². The normalized spacial score (nSPS) is 15.3. The highest BCUT2D eigenvalue weighted by Crippen LogP contribution is 2.22. The second-order valence-corrected chi connectivity index (χ2v) is 9.14. The minimum absolute atomic E-state index is 0.159. The van der Waals surface area contributed by atoms with Gasteiger partial charge in [-0.25, -0.2) is 12.8 Å². The van der Waals surface area contributed by atoms with Crippen LogP contribution < -0.4 is 10.5 Å². The van der Waals surface area contributed by atoms with E-state index in [2.05, 4.69) is 5.10 Å². The zero-order chi connectivity index (χ0) is 21.3. The van der Waals surface area contributed by atoms with Crippen LogP contribution in [0.25, 0.3) is 5.69 Å². The zero-order valence-corrected chi connectivity index (χ0v) is 17.4. The van der Waals surface area contributed by atoms with Crippen LogP contribution in [0.5, 0.6) is 0 Å². The Kier molecular flexibility index (Phi) is 5.59. The Morgan fingerprint density at radius 2 is 1.63 bits per heavy atom. The molecule has 0 saturated carbocycles. The molecular weight excluding hydrogens is 431 g/mol. The average molecular weight is 449 g/mol. The van der Waals surface area contributed by atoms with Crippen LogP contribution >= 0.6 is 11.6 Å². The highest BCUT2D eigenvalue weighted by atomic mass is 35.5. The summed E-state index contributed by atoms with van der Waals surface area (Å²) in [5.74, 6) is 0.138. The Morgan fingerprint density at radius 3 is 2.30 bits per heavy atom. The summed E-state index contributed by atoms with van der Waals surface area (Å²) in [7, 11) is -3.64. The fraction of sp³-hybridized carbons (Fsp3) is 0.200. The molecule has 0 bridgehead atoms. The third-order valence-electron chi connectivity index (χ3n) is 4.85. The van der Waals surface area contributed by atoms with E-state index in [9.17, 15) is 17.6 Å². The quantitative estimate of drug-likeness (QED) is 0.613. The van der Waals surface area contributed by atoms with Crippen molar-refractivity contribution in [1.29, 1.82) is 0 Å². The van der Waals surface area contributed by atoms with Crippen LogP contribution in [0.3, 0.4) is 0 Å². The van der Waals surface area contributed by atoms with E-state index in [1.807, 2.05) is 4.90 Å². The fourth-order valence-corrected chi connectivity index (χ4v) is 5.00. The number of halogens is 2. The molecule has 7 nitrogen and oxygen atoms in total. The first-order valence-corrected chi connectivity index (χ1v) is 11.0. The van der Waals surface area contributed by atoms with Crippen LogP contribution in [0.2, 0.25) is 5.02 Å². The van der Waals surface area contributed by atoms with Gasteiger partial charge >= 0.3 is 0 Å². The van der Waals surface area contributed by atoms with Crippen molar-refractivity contribution >= 4 is 27.4 Å². The van der Waals surface area contributed by atoms with Gasteiger partial charge in [0.25, 0.3) is 5.56 Å². The summed E-state index contributed by atoms with van der Waals surface area (Å²) in [5, 5.41) is 4.74. The SMILES string of the molecule is O=c1ccc(N2CCN(S(=O)(=O)c3cccc(Cl)c3)CC2)nn1-c1ccc(F)cc1. The molecule has 1 fully saturated rings. The van der Waals surface area contributed by atoms with Gasteiger partial charge in [0, 0.05) is 37.3 Å². The van der Waals surface area contributed by atoms with Crippen LogP contribution in [-0.2, 0) is 10.0 Å². The van der Waals surface area contributed by atoms with Crippen LogP contribution in [0.4, 0.5) is 10.2 Å². The lowest BCUT2D eigenvalue weighted by Gasteiger charge is -2.34. The maximum atomic E-state index is 13.2. The maximum Gasteiger partial charge on any atom is 0.271 e. The van der Waals surface area contributed by atoms with Crippen LogP contribution in [-0.4, -0.2) is 48.7 Å². The molecule has 0 N–H and O–H groups in total. The van der Waals surface area contributed by atoms with Gasteiger partial charge in [-0.3, -0.25) is 4.79 Å². The molecule has 0 radical (unpaired) electrons. The molecular formula is C20H18ClFN4O3S. The van der Waals surface area contributed by atoms with E-state index in [0.29, 0.717) is 29.6 Å². The molecule has 2 aromatic carbocycles. The van der Waals surface area contributed by atoms with Gasteiger partial charge in [0.2, 0.25) is 10.0 Å². The number of anilines is 1. The Hall–Kier alpha value is -2.75. The largest absolute Gasteiger partial charge is 0.353 e. The summed E-state index contributed by atoms with van der Waals surface area (Å²) in [5.41, 5.74) is 0.109. The number of rotatable bonds is 4. The molecule has 2 heterocycles. The van der Waals surface area contributed by atoms with Crippen molar-refractivity contribution in [3.05, 3.63) is 81.9 Å². The molecule has 1 saturated heterocycles. The van der Waals surface area contributed by atoms with E-state index in [0.717, 1.165) is 0 Å². The Bertz CT molecular complexity index is 1220. The number of benzene rings is 2. The second kappa shape index (κ2) is 8.17. The topological polar surface area (TPSA) is 75.5 Å². The number of sulfonamides is 1. The van der Waals surface area contributed by atoms with Crippen molar-refractivity contribution in [3.8, 4) is 5.69 Å². The smallest absolute Gasteiger partial charge is 0.271 e. The second-order valence-electron chi connectivity index (χ2n) is 6.77. The minimum atomic E-state index is -3.64. The van der Waals surface area contributed by atoms with Gasteiger partial charge in [0.1, 0.15) is 11.6 Å². The van der Waals surface area contributed by atoms with E-state index in [1.54, 1.807) is 18.2 Å². The summed E-state index contributed by atoms with van der Waals surface area (Å²) >= 11 is 5.93. The number of piperazine rings is 1. The molecule has 1 aliphatic rings. The van der Waals surface area contributed by atoms with E-state index >= 15 is 0 Å². The van der Waals surface area contributed by atoms with Crippen LogP contribution in [0, 0.1) is 5.82 Å². The van der Waals surface area contributed by atoms with Gasteiger partial charge in [-0.2, -0.15) is 8.99 Å². The molecule has 156 valence electrons. The summed E-state index contributed by atoms with van der Waals surface area (Å²) in [4.78, 5) is 14.3. The molecule has 0 atom stereocenters. The molecule has 3 aromatic rings. The molecule has 10 heteroatoms. The van der Waals surface area contributed by atoms with Crippen molar-refractivity contribution in [2.75, 3.05) is 31.1 Å². The van der Waals surface area contributed by atoms with Crippen molar-refractivity contribution in [2.45, 2.75) is 4.90 Å². The van der Waals surface area contributed by atoms with Gasteiger partial charge in [0.15, 0.2) is 0 Å². The molecule has 1 aliphatic heterocycles. The highest BCUT2D eigenvalue weighted by molar-refractivity contribution is 7.89. The summed E-state index contributed by atoms with van der Waals surface area (Å²) in [6.45, 7) is 1.36. The number of nitrogens with zero attached hydrogens (tertiary/aromatic N) is 4. The third-order valence-corrected chi connectivity index (χ3v) is 6.98. The Labute approximate surface area is 178 Å². The maximum absolute atomic E-state index is 13.2. The van der Waals surface area contributed by atoms with Crippen LogP contribution in [0.15, 0.2) is 70.4 Å². The van der Waals surface area contributed by atoms with Gasteiger partial charge in [-0.05, 0) is 48.5 Å². The van der Waals surface area contributed by atoms with Crippen molar-refractivity contribution in [2.24, 2.45) is 0 Å². The zero-order valence-electron chi connectivity index (χ0n) is 15.8. The molecule has 30 heavy (non-hydrogen) atoms.